The van der Waals surface area contributed by atoms with E-state index in [4.69, 9.17) is 19.2 Å². The summed E-state index contributed by atoms with van der Waals surface area (Å²) in [5, 5.41) is 12.3. The number of anilines is 1. The molecule has 0 bridgehead atoms. The number of fused-ring (bicyclic) bond motifs is 1. The van der Waals surface area contributed by atoms with E-state index in [0.29, 0.717) is 61.3 Å². The van der Waals surface area contributed by atoms with Crippen LogP contribution in [0.3, 0.4) is 0 Å². The highest BCUT2D eigenvalue weighted by Crippen LogP contribution is 2.32. The molecule has 4 aromatic carbocycles. The number of hydrogen-bond donors (Lipinski definition) is 2. The van der Waals surface area contributed by atoms with Crippen molar-refractivity contribution in [3.63, 3.8) is 0 Å². The Hall–Kier alpha value is -5.94. The van der Waals surface area contributed by atoms with Crippen molar-refractivity contribution in [2.24, 2.45) is 4.99 Å². The summed E-state index contributed by atoms with van der Waals surface area (Å²) in [6.07, 6.45) is 1.75. The number of allylic oxidation sites excluding steroid dienone is 1. The lowest BCUT2D eigenvalue weighted by Gasteiger charge is -2.25. The summed E-state index contributed by atoms with van der Waals surface area (Å²) in [7, 11) is 1.52. The molecule has 2 heterocycles. The molecule has 1 atom stereocenters. The summed E-state index contributed by atoms with van der Waals surface area (Å²) in [6, 6.07) is 27.6. The maximum Gasteiger partial charge on any atom is 0.335 e. The van der Waals surface area contributed by atoms with Crippen molar-refractivity contribution in [3.05, 3.63) is 150 Å². The Morgan fingerprint density at radius 2 is 1.73 bits per heavy atom. The van der Waals surface area contributed by atoms with Crippen LogP contribution >= 0.6 is 11.3 Å². The highest BCUT2D eigenvalue weighted by atomic mass is 32.1. The van der Waals surface area contributed by atoms with Gasteiger partial charge in [0.1, 0.15) is 12.4 Å². The Bertz CT molecular complexity index is 2240. The SMILES string of the molecule is CCOc1ccc([C@@H]2C(C(=O)Nc3ccccc3)=C(C)N=c3s/c(=C\c4ccc(OCc5cccc(C(=O)O)c5)c(OC)c4)c(=O)n32)cc1. The van der Waals surface area contributed by atoms with Gasteiger partial charge in [-0.2, -0.15) is 0 Å². The third kappa shape index (κ3) is 7.16. The summed E-state index contributed by atoms with van der Waals surface area (Å²) in [4.78, 5) is 44.5. The molecule has 0 saturated heterocycles. The van der Waals surface area contributed by atoms with E-state index >= 15 is 0 Å². The number of thiazole rings is 1. The highest BCUT2D eigenvalue weighted by Gasteiger charge is 2.32. The molecule has 1 aliphatic rings. The predicted molar refractivity (Wildman–Crippen MR) is 187 cm³/mol. The molecule has 1 aliphatic heterocycles. The summed E-state index contributed by atoms with van der Waals surface area (Å²) in [5.74, 6) is 0.225. The van der Waals surface area contributed by atoms with Gasteiger partial charge in [-0.15, -0.1) is 0 Å². The first kappa shape index (κ1) is 33.0. The Kier molecular flexibility index (Phi) is 9.72. The number of carboxylic acid groups (broad SMARTS) is 1. The highest BCUT2D eigenvalue weighted by molar-refractivity contribution is 7.07. The van der Waals surface area contributed by atoms with Gasteiger partial charge in [-0.05, 0) is 85.1 Å². The lowest BCUT2D eigenvalue weighted by Crippen LogP contribution is -2.40. The van der Waals surface area contributed by atoms with Gasteiger partial charge in [-0.1, -0.05) is 59.9 Å². The van der Waals surface area contributed by atoms with E-state index in [1.165, 1.54) is 24.5 Å². The lowest BCUT2D eigenvalue weighted by molar-refractivity contribution is -0.113. The van der Waals surface area contributed by atoms with Gasteiger partial charge in [0, 0.05) is 5.69 Å². The number of carbonyl (C=O) groups excluding carboxylic acids is 1. The number of amides is 1. The fourth-order valence-corrected chi connectivity index (χ4v) is 6.61. The quantitative estimate of drug-likeness (QED) is 0.188. The van der Waals surface area contributed by atoms with Crippen LogP contribution in [0.5, 0.6) is 17.2 Å². The number of benzene rings is 4. The van der Waals surface area contributed by atoms with Crippen LogP contribution in [-0.2, 0) is 11.4 Å². The van der Waals surface area contributed by atoms with Gasteiger partial charge in [0.25, 0.3) is 11.5 Å². The smallest absolute Gasteiger partial charge is 0.335 e. The second-order valence-corrected chi connectivity index (χ2v) is 12.1. The number of aromatic nitrogens is 1. The molecule has 6 rings (SSSR count). The third-order valence-corrected chi connectivity index (χ3v) is 8.84. The van der Waals surface area contributed by atoms with Gasteiger partial charge < -0.3 is 24.6 Å². The number of para-hydroxylation sites is 1. The molecular formula is C38H33N3O7S. The maximum absolute atomic E-state index is 14.2. The van der Waals surface area contributed by atoms with Crippen LogP contribution in [0.4, 0.5) is 5.69 Å². The number of carbonyl (C=O) groups is 2. The molecule has 0 spiro atoms. The average molecular weight is 676 g/mol. The Morgan fingerprint density at radius 3 is 2.45 bits per heavy atom. The molecule has 248 valence electrons. The van der Waals surface area contributed by atoms with Gasteiger partial charge >= 0.3 is 5.97 Å². The third-order valence-electron chi connectivity index (χ3n) is 7.86. The minimum Gasteiger partial charge on any atom is -0.494 e. The normalized spacial score (nSPS) is 14.1. The Morgan fingerprint density at radius 1 is 0.959 bits per heavy atom. The molecule has 1 amide bonds. The number of methoxy groups -OCH3 is 1. The van der Waals surface area contributed by atoms with E-state index in [1.54, 1.807) is 66.1 Å². The fourth-order valence-electron chi connectivity index (χ4n) is 5.56. The standard InChI is InChI=1S/C38H33N3O7S/c1-4-47-29-16-14-26(15-17-29)34-33(35(42)40-28-11-6-5-7-12-28)23(2)39-38-41(34)36(43)32(49-38)21-24-13-18-30(31(20-24)46-3)48-22-25-9-8-10-27(19-25)37(44)45/h5-21,34H,4,22H2,1-3H3,(H,40,42)(H,44,45)/b32-21-/t34-/m1/s1. The zero-order valence-corrected chi connectivity index (χ0v) is 27.8. The average Bonchev–Trinajstić information content (AvgIpc) is 3.41. The van der Waals surface area contributed by atoms with Crippen molar-refractivity contribution in [3.8, 4) is 17.2 Å². The number of carboxylic acids is 1. The molecule has 0 aliphatic carbocycles. The largest absolute Gasteiger partial charge is 0.494 e. The van der Waals surface area contributed by atoms with Gasteiger partial charge in [0.15, 0.2) is 16.3 Å². The molecule has 11 heteroatoms. The topological polar surface area (TPSA) is 128 Å². The van der Waals surface area contributed by atoms with E-state index in [2.05, 4.69) is 5.32 Å². The summed E-state index contributed by atoms with van der Waals surface area (Å²) >= 11 is 1.23. The van der Waals surface area contributed by atoms with Crippen molar-refractivity contribution in [2.75, 3.05) is 19.0 Å². The van der Waals surface area contributed by atoms with Crippen LogP contribution in [0, 0.1) is 0 Å². The van der Waals surface area contributed by atoms with E-state index in [0.717, 1.165) is 5.56 Å². The van der Waals surface area contributed by atoms with Crippen LogP contribution in [-0.4, -0.2) is 35.3 Å². The van der Waals surface area contributed by atoms with Crippen molar-refractivity contribution in [1.82, 2.24) is 4.57 Å². The molecule has 10 nitrogen and oxygen atoms in total. The number of ether oxygens (including phenoxy) is 3. The first-order valence-electron chi connectivity index (χ1n) is 15.5. The summed E-state index contributed by atoms with van der Waals surface area (Å²) < 4.78 is 19.2. The first-order chi connectivity index (χ1) is 23.7. The monoisotopic (exact) mass is 675 g/mol. The molecule has 2 N–H and O–H groups in total. The molecular weight excluding hydrogens is 642 g/mol. The molecule has 0 fully saturated rings. The summed E-state index contributed by atoms with van der Waals surface area (Å²) in [5.41, 5.74) is 3.51. The van der Waals surface area contributed by atoms with Crippen molar-refractivity contribution < 1.29 is 28.9 Å². The summed E-state index contributed by atoms with van der Waals surface area (Å²) in [6.45, 7) is 4.33. The minimum absolute atomic E-state index is 0.139. The minimum atomic E-state index is -1.01. The van der Waals surface area contributed by atoms with Crippen molar-refractivity contribution in [2.45, 2.75) is 26.5 Å². The fraction of sp³-hybridized carbons (Fsp3) is 0.158. The van der Waals surface area contributed by atoms with Gasteiger partial charge in [-0.25, -0.2) is 9.79 Å². The Labute approximate surface area is 285 Å². The van der Waals surface area contributed by atoms with Crippen LogP contribution in [0.25, 0.3) is 6.08 Å². The van der Waals surface area contributed by atoms with Crippen LogP contribution in [0.15, 0.2) is 118 Å². The predicted octanol–water partition coefficient (Wildman–Crippen LogP) is 5.56. The molecule has 5 aromatic rings. The molecule has 0 saturated carbocycles. The van der Waals surface area contributed by atoms with E-state index in [-0.39, 0.29) is 23.6 Å². The van der Waals surface area contributed by atoms with Crippen molar-refractivity contribution in [1.29, 1.82) is 0 Å². The van der Waals surface area contributed by atoms with E-state index < -0.39 is 12.0 Å². The number of rotatable bonds is 11. The lowest BCUT2D eigenvalue weighted by atomic mass is 9.95. The number of aromatic carboxylic acids is 1. The van der Waals surface area contributed by atoms with Crippen LogP contribution in [0.1, 0.15) is 46.9 Å². The van der Waals surface area contributed by atoms with Crippen LogP contribution < -0.4 is 34.4 Å². The number of nitrogens with zero attached hydrogens (tertiary/aromatic N) is 2. The van der Waals surface area contributed by atoms with E-state index in [1.807, 2.05) is 49.4 Å². The van der Waals surface area contributed by atoms with Gasteiger partial charge in [0.2, 0.25) is 0 Å². The molecule has 0 radical (unpaired) electrons. The molecule has 1 aromatic heterocycles. The van der Waals surface area contributed by atoms with Gasteiger partial charge in [-0.3, -0.25) is 14.2 Å². The first-order valence-corrected chi connectivity index (χ1v) is 16.3. The van der Waals surface area contributed by atoms with E-state index in [9.17, 15) is 19.5 Å². The zero-order chi connectivity index (χ0) is 34.5. The number of hydrogen-bond acceptors (Lipinski definition) is 8. The van der Waals surface area contributed by atoms with Crippen molar-refractivity contribution >= 4 is 35.0 Å². The Balaban J connectivity index is 1.36. The molecule has 0 unspecified atom stereocenters. The van der Waals surface area contributed by atoms with Crippen LogP contribution in [0.2, 0.25) is 0 Å². The zero-order valence-electron chi connectivity index (χ0n) is 27.0. The second-order valence-electron chi connectivity index (χ2n) is 11.1. The molecule has 49 heavy (non-hydrogen) atoms. The van der Waals surface area contributed by atoms with Gasteiger partial charge in [0.05, 0.1) is 41.1 Å². The second kappa shape index (κ2) is 14.4. The maximum atomic E-state index is 14.2. The number of nitrogens with one attached hydrogen (secondary N) is 1.